The van der Waals surface area contributed by atoms with E-state index in [2.05, 4.69) is 10.1 Å². The summed E-state index contributed by atoms with van der Waals surface area (Å²) in [5, 5.41) is 3.99. The third kappa shape index (κ3) is 1.28. The fraction of sp³-hybridized carbons (Fsp3) is 0.111. The van der Waals surface area contributed by atoms with E-state index in [0.29, 0.717) is 17.1 Å². The molecule has 0 saturated heterocycles. The second kappa shape index (κ2) is 3.02. The minimum absolute atomic E-state index is 0.213. The molecule has 5 nitrogen and oxygen atoms in total. The van der Waals surface area contributed by atoms with Crippen LogP contribution in [0.4, 0.5) is 5.69 Å². The van der Waals surface area contributed by atoms with E-state index in [-0.39, 0.29) is 5.91 Å². The molecule has 3 N–H and O–H groups in total. The van der Waals surface area contributed by atoms with E-state index in [9.17, 15) is 4.79 Å². The Balaban J connectivity index is 2.37. The lowest BCUT2D eigenvalue weighted by atomic mass is 10.4. The first-order valence-corrected chi connectivity index (χ1v) is 4.18. The lowest BCUT2D eigenvalue weighted by molar-refractivity contribution is 0.0940. The minimum Gasteiger partial charge on any atom is -0.396 e. The first kappa shape index (κ1) is 8.55. The van der Waals surface area contributed by atoms with Crippen molar-refractivity contribution in [1.82, 2.24) is 14.8 Å². The molecule has 0 amide bonds. The predicted molar refractivity (Wildman–Crippen MR) is 51.9 cm³/mol. The molecule has 0 bridgehead atoms. The molecule has 0 radical (unpaired) electrons. The molecule has 5 heteroatoms. The van der Waals surface area contributed by atoms with Crippen LogP contribution in [0.25, 0.3) is 0 Å². The summed E-state index contributed by atoms with van der Waals surface area (Å²) in [5.74, 6) is -0.213. The molecule has 0 atom stereocenters. The summed E-state index contributed by atoms with van der Waals surface area (Å²) in [7, 11) is 0. The van der Waals surface area contributed by atoms with Crippen LogP contribution in [-0.4, -0.2) is 20.7 Å². The molecule has 14 heavy (non-hydrogen) atoms. The summed E-state index contributed by atoms with van der Waals surface area (Å²) in [6, 6.07) is 3.45. The summed E-state index contributed by atoms with van der Waals surface area (Å²) in [5.41, 5.74) is 7.25. The molecule has 2 heterocycles. The lowest BCUT2D eigenvalue weighted by Gasteiger charge is -1.95. The van der Waals surface area contributed by atoms with E-state index < -0.39 is 0 Å². The van der Waals surface area contributed by atoms with Gasteiger partial charge in [0.25, 0.3) is 5.91 Å². The highest BCUT2D eigenvalue weighted by Crippen LogP contribution is 2.08. The number of rotatable bonds is 1. The molecule has 0 fully saturated rings. The third-order valence-electron chi connectivity index (χ3n) is 1.97. The zero-order valence-corrected chi connectivity index (χ0v) is 7.69. The molecule has 0 aliphatic carbocycles. The van der Waals surface area contributed by atoms with Crippen LogP contribution in [0.15, 0.2) is 24.5 Å². The average Bonchev–Trinajstić information content (AvgIpc) is 2.76. The highest BCUT2D eigenvalue weighted by molar-refractivity contribution is 5.93. The van der Waals surface area contributed by atoms with Crippen molar-refractivity contribution in [2.75, 3.05) is 5.73 Å². The number of nitrogens with one attached hydrogen (secondary N) is 1. The summed E-state index contributed by atoms with van der Waals surface area (Å²) in [4.78, 5) is 14.5. The highest BCUT2D eigenvalue weighted by atomic mass is 16.2. The molecule has 0 saturated carbocycles. The van der Waals surface area contributed by atoms with Crippen molar-refractivity contribution >= 4 is 11.6 Å². The van der Waals surface area contributed by atoms with Gasteiger partial charge in [-0.2, -0.15) is 5.10 Å². The van der Waals surface area contributed by atoms with Crippen molar-refractivity contribution in [3.05, 3.63) is 35.9 Å². The zero-order chi connectivity index (χ0) is 10.1. The van der Waals surface area contributed by atoms with Crippen LogP contribution in [-0.2, 0) is 0 Å². The van der Waals surface area contributed by atoms with Gasteiger partial charge in [-0.05, 0) is 19.1 Å². The molecule has 0 aliphatic heterocycles. The summed E-state index contributed by atoms with van der Waals surface area (Å²) in [6.45, 7) is 1.76. The van der Waals surface area contributed by atoms with Crippen LogP contribution in [0.1, 0.15) is 16.2 Å². The number of hydrogen-bond acceptors (Lipinski definition) is 3. The van der Waals surface area contributed by atoms with Crippen molar-refractivity contribution in [2.24, 2.45) is 0 Å². The van der Waals surface area contributed by atoms with E-state index in [1.165, 1.54) is 10.9 Å². The Hall–Kier alpha value is -2.04. The van der Waals surface area contributed by atoms with Crippen LogP contribution in [0.5, 0.6) is 0 Å². The number of nitrogen functional groups attached to an aromatic ring is 1. The van der Waals surface area contributed by atoms with Crippen molar-refractivity contribution in [2.45, 2.75) is 6.92 Å². The number of carbonyl (C=O) groups excluding carboxylic acids is 1. The maximum absolute atomic E-state index is 11.7. The van der Waals surface area contributed by atoms with Gasteiger partial charge in [0.2, 0.25) is 0 Å². The van der Waals surface area contributed by atoms with Crippen LogP contribution >= 0.6 is 0 Å². The summed E-state index contributed by atoms with van der Waals surface area (Å²) in [6.07, 6.45) is 3.20. The van der Waals surface area contributed by atoms with Crippen molar-refractivity contribution in [3.63, 3.8) is 0 Å². The van der Waals surface area contributed by atoms with Crippen LogP contribution in [0.2, 0.25) is 0 Å². The van der Waals surface area contributed by atoms with Gasteiger partial charge in [0.05, 0.1) is 17.6 Å². The molecular formula is C9H10N4O. The number of carbonyl (C=O) groups is 1. The normalized spacial score (nSPS) is 10.4. The molecular weight excluding hydrogens is 180 g/mol. The van der Waals surface area contributed by atoms with Gasteiger partial charge in [0.15, 0.2) is 0 Å². The number of nitrogens with two attached hydrogens (primary N) is 1. The number of aryl methyl sites for hydroxylation is 1. The zero-order valence-electron chi connectivity index (χ0n) is 7.69. The number of nitrogens with zero attached hydrogens (tertiary/aromatic N) is 2. The van der Waals surface area contributed by atoms with Gasteiger partial charge in [-0.15, -0.1) is 0 Å². The topological polar surface area (TPSA) is 76.7 Å². The first-order valence-electron chi connectivity index (χ1n) is 4.18. The van der Waals surface area contributed by atoms with Gasteiger partial charge in [0.1, 0.15) is 5.69 Å². The van der Waals surface area contributed by atoms with Gasteiger partial charge in [-0.3, -0.25) is 4.79 Å². The molecule has 72 valence electrons. The van der Waals surface area contributed by atoms with Crippen LogP contribution in [0.3, 0.4) is 0 Å². The Morgan fingerprint density at radius 2 is 2.43 bits per heavy atom. The Morgan fingerprint density at radius 3 is 2.93 bits per heavy atom. The van der Waals surface area contributed by atoms with Gasteiger partial charge in [0, 0.05) is 6.20 Å². The van der Waals surface area contributed by atoms with Gasteiger partial charge >= 0.3 is 0 Å². The number of H-pyrrole nitrogens is 1. The second-order valence-corrected chi connectivity index (χ2v) is 3.00. The Bertz CT molecular complexity index is 436. The molecule has 2 aromatic heterocycles. The van der Waals surface area contributed by atoms with E-state index in [4.69, 9.17) is 5.73 Å². The molecule has 0 spiro atoms. The standard InChI is InChI=1S/C9H10N4O/c1-6-7(10)5-13(12-6)9(14)8-3-2-4-11-8/h2-5,11H,10H2,1H3. The van der Waals surface area contributed by atoms with E-state index in [1.807, 2.05) is 0 Å². The molecule has 0 aromatic carbocycles. The van der Waals surface area contributed by atoms with Crippen LogP contribution < -0.4 is 5.73 Å². The Labute approximate surface area is 80.5 Å². The molecule has 2 rings (SSSR count). The SMILES string of the molecule is Cc1nn(C(=O)c2ccc[nH]2)cc1N. The lowest BCUT2D eigenvalue weighted by Crippen LogP contribution is -2.12. The highest BCUT2D eigenvalue weighted by Gasteiger charge is 2.11. The molecule has 0 unspecified atom stereocenters. The monoisotopic (exact) mass is 190 g/mol. The van der Waals surface area contributed by atoms with Gasteiger partial charge in [-0.25, -0.2) is 4.68 Å². The fourth-order valence-corrected chi connectivity index (χ4v) is 1.16. The maximum atomic E-state index is 11.7. The van der Waals surface area contributed by atoms with Crippen molar-refractivity contribution in [1.29, 1.82) is 0 Å². The quantitative estimate of drug-likeness (QED) is 0.698. The van der Waals surface area contributed by atoms with Gasteiger partial charge < -0.3 is 10.7 Å². The van der Waals surface area contributed by atoms with Crippen molar-refractivity contribution in [3.8, 4) is 0 Å². The molecule has 0 aliphatic rings. The number of aromatic amines is 1. The Kier molecular flexibility index (Phi) is 1.85. The number of aromatic nitrogens is 3. The smallest absolute Gasteiger partial charge is 0.294 e. The predicted octanol–water partition coefficient (Wildman–Crippen LogP) is 0.790. The third-order valence-corrected chi connectivity index (χ3v) is 1.97. The van der Waals surface area contributed by atoms with Gasteiger partial charge in [-0.1, -0.05) is 0 Å². The Morgan fingerprint density at radius 1 is 1.64 bits per heavy atom. The molecule has 2 aromatic rings. The number of hydrogen-bond donors (Lipinski definition) is 2. The maximum Gasteiger partial charge on any atom is 0.294 e. The first-order chi connectivity index (χ1) is 6.68. The summed E-state index contributed by atoms with van der Waals surface area (Å²) >= 11 is 0. The van der Waals surface area contributed by atoms with E-state index >= 15 is 0 Å². The van der Waals surface area contributed by atoms with E-state index in [0.717, 1.165) is 0 Å². The number of anilines is 1. The van der Waals surface area contributed by atoms with Crippen molar-refractivity contribution < 1.29 is 4.79 Å². The summed E-state index contributed by atoms with van der Waals surface area (Å²) < 4.78 is 1.23. The van der Waals surface area contributed by atoms with Crippen LogP contribution in [0, 0.1) is 6.92 Å². The van der Waals surface area contributed by atoms with E-state index in [1.54, 1.807) is 25.3 Å². The average molecular weight is 190 g/mol. The largest absolute Gasteiger partial charge is 0.396 e. The second-order valence-electron chi connectivity index (χ2n) is 3.00. The fourth-order valence-electron chi connectivity index (χ4n) is 1.16. The minimum atomic E-state index is -0.213.